The molecule has 2 heterocycles. The smallest absolute Gasteiger partial charge is 0.255 e. The topological polar surface area (TPSA) is 49.4 Å². The first kappa shape index (κ1) is 17.8. The standard InChI is InChI=1S/C21H17ClN2O2S/c1-13-7-8-17-16(10-13)20(18-6-3-9-27-18)24(12-19(25)23-17)21(26)14-4-2-5-15(22)11-14/h2-11,20H,12H2,1H3,(H,23,25). The zero-order valence-corrected chi connectivity index (χ0v) is 16.2. The number of halogens is 1. The number of thiophene rings is 1. The number of carbonyl (C=O) groups is 2. The van der Waals surface area contributed by atoms with Crippen LogP contribution in [0.1, 0.15) is 32.4 Å². The highest BCUT2D eigenvalue weighted by Gasteiger charge is 2.34. The fourth-order valence-electron chi connectivity index (χ4n) is 3.36. The van der Waals surface area contributed by atoms with Gasteiger partial charge in [0.05, 0.1) is 6.04 Å². The molecule has 1 unspecified atom stereocenters. The van der Waals surface area contributed by atoms with Crippen molar-refractivity contribution in [2.75, 3.05) is 11.9 Å². The van der Waals surface area contributed by atoms with Crippen LogP contribution in [0.15, 0.2) is 60.0 Å². The number of nitrogens with one attached hydrogen (secondary N) is 1. The average Bonchev–Trinajstić information content (AvgIpc) is 3.12. The van der Waals surface area contributed by atoms with E-state index in [1.807, 2.05) is 42.6 Å². The van der Waals surface area contributed by atoms with Gasteiger partial charge in [-0.25, -0.2) is 0 Å². The van der Waals surface area contributed by atoms with Crippen molar-refractivity contribution < 1.29 is 9.59 Å². The zero-order chi connectivity index (χ0) is 19.0. The molecule has 0 fully saturated rings. The molecule has 1 aromatic heterocycles. The number of aryl methyl sites for hydroxylation is 1. The number of carbonyl (C=O) groups excluding carboxylic acids is 2. The van der Waals surface area contributed by atoms with E-state index < -0.39 is 0 Å². The van der Waals surface area contributed by atoms with Crippen molar-refractivity contribution >= 4 is 40.4 Å². The summed E-state index contributed by atoms with van der Waals surface area (Å²) >= 11 is 7.65. The van der Waals surface area contributed by atoms with Gasteiger partial charge in [0.15, 0.2) is 0 Å². The molecule has 1 atom stereocenters. The van der Waals surface area contributed by atoms with Crippen LogP contribution < -0.4 is 5.32 Å². The molecule has 4 nitrogen and oxygen atoms in total. The maximum Gasteiger partial charge on any atom is 0.255 e. The van der Waals surface area contributed by atoms with Crippen molar-refractivity contribution in [3.05, 3.63) is 86.6 Å². The highest BCUT2D eigenvalue weighted by Crippen LogP contribution is 2.39. The Morgan fingerprint density at radius 3 is 2.78 bits per heavy atom. The van der Waals surface area contributed by atoms with Crippen LogP contribution in [-0.2, 0) is 4.79 Å². The number of benzene rings is 2. The Morgan fingerprint density at radius 1 is 1.19 bits per heavy atom. The van der Waals surface area contributed by atoms with Crippen molar-refractivity contribution in [1.29, 1.82) is 0 Å². The molecule has 136 valence electrons. The summed E-state index contributed by atoms with van der Waals surface area (Å²) in [4.78, 5) is 28.5. The molecular formula is C21H17ClN2O2S. The van der Waals surface area contributed by atoms with Crippen LogP contribution in [0.5, 0.6) is 0 Å². The Labute approximate surface area is 166 Å². The summed E-state index contributed by atoms with van der Waals surface area (Å²) in [7, 11) is 0. The summed E-state index contributed by atoms with van der Waals surface area (Å²) in [6.07, 6.45) is 0. The minimum absolute atomic E-state index is 0.0261. The molecule has 1 aliphatic heterocycles. The van der Waals surface area contributed by atoms with E-state index in [0.29, 0.717) is 10.6 Å². The van der Waals surface area contributed by atoms with Gasteiger partial charge in [0.25, 0.3) is 5.91 Å². The Hall–Kier alpha value is -2.63. The third-order valence-electron chi connectivity index (χ3n) is 4.55. The number of rotatable bonds is 2. The first-order valence-corrected chi connectivity index (χ1v) is 9.79. The largest absolute Gasteiger partial charge is 0.324 e. The van der Waals surface area contributed by atoms with Gasteiger partial charge >= 0.3 is 0 Å². The molecule has 1 aliphatic rings. The van der Waals surface area contributed by atoms with Crippen LogP contribution in [-0.4, -0.2) is 23.3 Å². The SMILES string of the molecule is Cc1ccc2c(c1)C(c1cccs1)N(C(=O)c1cccc(Cl)c1)CC(=O)N2. The third-order valence-corrected chi connectivity index (χ3v) is 5.71. The molecule has 0 bridgehead atoms. The van der Waals surface area contributed by atoms with E-state index in [1.165, 1.54) is 0 Å². The molecule has 27 heavy (non-hydrogen) atoms. The molecule has 0 aliphatic carbocycles. The second kappa shape index (κ2) is 7.18. The van der Waals surface area contributed by atoms with E-state index in [4.69, 9.17) is 11.6 Å². The summed E-state index contributed by atoms with van der Waals surface area (Å²) in [5.74, 6) is -0.435. The molecule has 0 spiro atoms. The number of hydrogen-bond acceptors (Lipinski definition) is 3. The lowest BCUT2D eigenvalue weighted by Crippen LogP contribution is -2.38. The van der Waals surface area contributed by atoms with Gasteiger partial charge in [-0.15, -0.1) is 11.3 Å². The number of anilines is 1. The van der Waals surface area contributed by atoms with Crippen molar-refractivity contribution in [2.24, 2.45) is 0 Å². The van der Waals surface area contributed by atoms with Crippen molar-refractivity contribution in [3.8, 4) is 0 Å². The summed E-state index contributed by atoms with van der Waals surface area (Å²) in [5, 5.41) is 5.40. The highest BCUT2D eigenvalue weighted by molar-refractivity contribution is 7.10. The first-order valence-electron chi connectivity index (χ1n) is 8.53. The number of hydrogen-bond donors (Lipinski definition) is 1. The Balaban J connectivity index is 1.88. The Morgan fingerprint density at radius 2 is 2.04 bits per heavy atom. The van der Waals surface area contributed by atoms with E-state index in [1.54, 1.807) is 40.5 Å². The maximum atomic E-state index is 13.3. The number of fused-ring (bicyclic) bond motifs is 1. The maximum absolute atomic E-state index is 13.3. The quantitative estimate of drug-likeness (QED) is 0.670. The van der Waals surface area contributed by atoms with Gasteiger partial charge in [-0.3, -0.25) is 9.59 Å². The van der Waals surface area contributed by atoms with Crippen LogP contribution in [0.3, 0.4) is 0 Å². The number of nitrogens with zero attached hydrogens (tertiary/aromatic N) is 1. The molecule has 2 aromatic carbocycles. The van der Waals surface area contributed by atoms with Gasteiger partial charge in [0, 0.05) is 26.7 Å². The molecule has 0 saturated carbocycles. The molecule has 4 rings (SSSR count). The predicted octanol–water partition coefficient (Wildman–Crippen LogP) is 4.89. The van der Waals surface area contributed by atoms with Crippen molar-refractivity contribution in [3.63, 3.8) is 0 Å². The summed E-state index contributed by atoms with van der Waals surface area (Å²) in [6, 6.07) is 16.3. The highest BCUT2D eigenvalue weighted by atomic mass is 35.5. The minimum atomic E-state index is -0.342. The lowest BCUT2D eigenvalue weighted by molar-refractivity contribution is -0.117. The third kappa shape index (κ3) is 3.48. The van der Waals surface area contributed by atoms with Gasteiger partial charge in [0.2, 0.25) is 5.91 Å². The van der Waals surface area contributed by atoms with E-state index >= 15 is 0 Å². The molecule has 1 N–H and O–H groups in total. The fraction of sp³-hybridized carbons (Fsp3) is 0.143. The van der Waals surface area contributed by atoms with E-state index in [0.717, 1.165) is 21.7 Å². The van der Waals surface area contributed by atoms with Crippen molar-refractivity contribution in [1.82, 2.24) is 4.90 Å². The van der Waals surface area contributed by atoms with Crippen LogP contribution in [0.4, 0.5) is 5.69 Å². The Bertz CT molecular complexity index is 1020. The minimum Gasteiger partial charge on any atom is -0.324 e. The number of amides is 2. The van der Waals surface area contributed by atoms with Gasteiger partial charge in [-0.1, -0.05) is 41.4 Å². The molecular weight excluding hydrogens is 380 g/mol. The fourth-order valence-corrected chi connectivity index (χ4v) is 4.40. The van der Waals surface area contributed by atoms with Gasteiger partial charge < -0.3 is 10.2 Å². The van der Waals surface area contributed by atoms with Gasteiger partial charge in [0.1, 0.15) is 6.54 Å². The van der Waals surface area contributed by atoms with Crippen LogP contribution in [0.2, 0.25) is 5.02 Å². The second-order valence-corrected chi connectivity index (χ2v) is 7.92. The predicted molar refractivity (Wildman–Crippen MR) is 108 cm³/mol. The molecule has 6 heteroatoms. The summed E-state index contributed by atoms with van der Waals surface area (Å²) in [6.45, 7) is 1.98. The average molecular weight is 397 g/mol. The van der Waals surface area contributed by atoms with Crippen LogP contribution in [0, 0.1) is 6.92 Å². The summed E-state index contributed by atoms with van der Waals surface area (Å²) in [5.41, 5.74) is 3.19. The van der Waals surface area contributed by atoms with E-state index in [9.17, 15) is 9.59 Å². The lowest BCUT2D eigenvalue weighted by atomic mass is 9.99. The van der Waals surface area contributed by atoms with Gasteiger partial charge in [-0.05, 0) is 42.6 Å². The Kier molecular flexibility index (Phi) is 4.72. The molecule has 3 aromatic rings. The molecule has 0 saturated heterocycles. The van der Waals surface area contributed by atoms with E-state index in [2.05, 4.69) is 5.32 Å². The van der Waals surface area contributed by atoms with E-state index in [-0.39, 0.29) is 24.4 Å². The van der Waals surface area contributed by atoms with Crippen LogP contribution >= 0.6 is 22.9 Å². The van der Waals surface area contributed by atoms with Crippen LogP contribution in [0.25, 0.3) is 0 Å². The monoisotopic (exact) mass is 396 g/mol. The molecule has 0 radical (unpaired) electrons. The normalized spacial score (nSPS) is 16.4. The first-order chi connectivity index (χ1) is 13.0. The van der Waals surface area contributed by atoms with Crippen molar-refractivity contribution in [2.45, 2.75) is 13.0 Å². The molecule has 2 amide bonds. The second-order valence-electron chi connectivity index (χ2n) is 6.50. The lowest BCUT2D eigenvalue weighted by Gasteiger charge is -2.29. The van der Waals surface area contributed by atoms with Gasteiger partial charge in [-0.2, -0.15) is 0 Å². The zero-order valence-electron chi connectivity index (χ0n) is 14.6. The summed E-state index contributed by atoms with van der Waals surface area (Å²) < 4.78 is 0.